The summed E-state index contributed by atoms with van der Waals surface area (Å²) in [5.74, 6) is -0.172. The molecule has 0 heterocycles. The van der Waals surface area contributed by atoms with Crippen LogP contribution in [0.25, 0.3) is 0 Å². The Morgan fingerprint density at radius 1 is 1.50 bits per heavy atom. The highest BCUT2D eigenvalue weighted by atomic mass is 79.9. The number of carboxylic acids is 1. The Morgan fingerprint density at radius 2 is 2.19 bits per heavy atom. The van der Waals surface area contributed by atoms with Crippen molar-refractivity contribution in [1.82, 2.24) is 5.32 Å². The quantitative estimate of drug-likeness (QED) is 0.854. The van der Waals surface area contributed by atoms with Gasteiger partial charge in [-0.3, -0.25) is 4.79 Å². The maximum Gasteiger partial charge on any atom is 0.317 e. The van der Waals surface area contributed by atoms with Crippen LogP contribution in [-0.2, 0) is 11.3 Å². The zero-order valence-electron chi connectivity index (χ0n) is 8.59. The lowest BCUT2D eigenvalue weighted by molar-refractivity contribution is -0.135. The molecule has 1 rings (SSSR count). The van der Waals surface area contributed by atoms with Crippen molar-refractivity contribution in [2.75, 3.05) is 13.7 Å². The molecule has 0 atom stereocenters. The van der Waals surface area contributed by atoms with Crippen molar-refractivity contribution < 1.29 is 14.6 Å². The molecule has 0 spiro atoms. The van der Waals surface area contributed by atoms with E-state index in [4.69, 9.17) is 9.84 Å². The average Bonchev–Trinajstić information content (AvgIpc) is 2.16. The van der Waals surface area contributed by atoms with Gasteiger partial charge in [0.05, 0.1) is 18.1 Å². The second kappa shape index (κ2) is 6.22. The smallest absolute Gasteiger partial charge is 0.317 e. The van der Waals surface area contributed by atoms with Crippen LogP contribution in [0.3, 0.4) is 0 Å². The van der Waals surface area contributed by atoms with E-state index >= 15 is 0 Å². The van der Waals surface area contributed by atoms with E-state index in [0.29, 0.717) is 12.3 Å². The molecule has 1 aromatic carbocycles. The lowest BCUT2D eigenvalue weighted by atomic mass is 10.2. The normalized spacial score (nSPS) is 10.2. The van der Waals surface area contributed by atoms with Gasteiger partial charge in [-0.05, 0) is 28.1 Å². The Labute approximate surface area is 110 Å². The molecular weight excluding hydrogens is 342 g/mol. The van der Waals surface area contributed by atoms with Gasteiger partial charge in [-0.2, -0.15) is 0 Å². The van der Waals surface area contributed by atoms with Crippen LogP contribution in [0.2, 0.25) is 0 Å². The summed E-state index contributed by atoms with van der Waals surface area (Å²) in [6.07, 6.45) is 0. The van der Waals surface area contributed by atoms with Crippen LogP contribution >= 0.6 is 31.9 Å². The molecule has 1 aromatic rings. The molecule has 0 aliphatic rings. The van der Waals surface area contributed by atoms with Gasteiger partial charge >= 0.3 is 5.97 Å². The van der Waals surface area contributed by atoms with Gasteiger partial charge in [0.25, 0.3) is 0 Å². The van der Waals surface area contributed by atoms with Gasteiger partial charge in [-0.1, -0.05) is 15.9 Å². The summed E-state index contributed by atoms with van der Waals surface area (Å²) in [6, 6.07) is 3.76. The van der Waals surface area contributed by atoms with Crippen molar-refractivity contribution in [2.45, 2.75) is 6.54 Å². The fraction of sp³-hybridized carbons (Fsp3) is 0.300. The summed E-state index contributed by atoms with van der Waals surface area (Å²) in [5, 5.41) is 11.3. The number of ether oxygens (including phenoxy) is 1. The van der Waals surface area contributed by atoms with Gasteiger partial charge in [-0.25, -0.2) is 0 Å². The van der Waals surface area contributed by atoms with E-state index in [1.54, 1.807) is 7.11 Å². The zero-order valence-corrected chi connectivity index (χ0v) is 11.8. The summed E-state index contributed by atoms with van der Waals surface area (Å²) >= 11 is 6.75. The van der Waals surface area contributed by atoms with Crippen LogP contribution < -0.4 is 10.1 Å². The van der Waals surface area contributed by atoms with Crippen molar-refractivity contribution in [3.8, 4) is 5.75 Å². The van der Waals surface area contributed by atoms with Crippen LogP contribution in [0, 0.1) is 0 Å². The molecule has 0 radical (unpaired) electrons. The Morgan fingerprint density at radius 3 is 2.75 bits per heavy atom. The van der Waals surface area contributed by atoms with Crippen LogP contribution in [0.4, 0.5) is 0 Å². The number of aliphatic carboxylic acids is 1. The van der Waals surface area contributed by atoms with Crippen molar-refractivity contribution in [3.05, 3.63) is 26.6 Å². The first kappa shape index (κ1) is 13.5. The van der Waals surface area contributed by atoms with Crippen LogP contribution in [-0.4, -0.2) is 24.7 Å². The van der Waals surface area contributed by atoms with E-state index in [0.717, 1.165) is 14.5 Å². The Balaban J connectivity index is 2.81. The maximum atomic E-state index is 10.4. The molecule has 0 saturated carbocycles. The van der Waals surface area contributed by atoms with Crippen molar-refractivity contribution in [3.63, 3.8) is 0 Å². The predicted molar refractivity (Wildman–Crippen MR) is 67.7 cm³/mol. The lowest BCUT2D eigenvalue weighted by Crippen LogP contribution is -2.22. The van der Waals surface area contributed by atoms with E-state index in [1.807, 2.05) is 12.1 Å². The molecule has 16 heavy (non-hydrogen) atoms. The second-order valence-corrected chi connectivity index (χ2v) is 4.85. The first-order chi connectivity index (χ1) is 7.54. The molecule has 0 saturated heterocycles. The summed E-state index contributed by atoms with van der Waals surface area (Å²) in [4.78, 5) is 10.4. The SMILES string of the molecule is COc1c(Br)cc(Br)cc1CNCC(=O)O. The minimum atomic E-state index is -0.881. The van der Waals surface area contributed by atoms with E-state index in [9.17, 15) is 4.79 Å². The number of benzene rings is 1. The Bertz CT molecular complexity index is 396. The van der Waals surface area contributed by atoms with E-state index in [1.165, 1.54) is 0 Å². The molecule has 0 aliphatic heterocycles. The summed E-state index contributed by atoms with van der Waals surface area (Å²) < 4.78 is 6.97. The molecule has 0 amide bonds. The van der Waals surface area contributed by atoms with Gasteiger partial charge in [0.2, 0.25) is 0 Å². The topological polar surface area (TPSA) is 58.6 Å². The third-order valence-electron chi connectivity index (χ3n) is 1.88. The number of carboxylic acid groups (broad SMARTS) is 1. The Hall–Kier alpha value is -0.590. The molecule has 6 heteroatoms. The zero-order chi connectivity index (χ0) is 12.1. The first-order valence-corrected chi connectivity index (χ1v) is 6.07. The van der Waals surface area contributed by atoms with E-state index in [-0.39, 0.29) is 6.54 Å². The highest BCUT2D eigenvalue weighted by molar-refractivity contribution is 9.11. The minimum absolute atomic E-state index is 0.0761. The first-order valence-electron chi connectivity index (χ1n) is 4.49. The van der Waals surface area contributed by atoms with Crippen molar-refractivity contribution in [2.24, 2.45) is 0 Å². The highest BCUT2D eigenvalue weighted by Crippen LogP contribution is 2.32. The molecular formula is C10H11Br2NO3. The number of hydrogen-bond acceptors (Lipinski definition) is 3. The van der Waals surface area contributed by atoms with Crippen molar-refractivity contribution >= 4 is 37.8 Å². The third kappa shape index (κ3) is 3.77. The van der Waals surface area contributed by atoms with E-state index < -0.39 is 5.97 Å². The van der Waals surface area contributed by atoms with E-state index in [2.05, 4.69) is 37.2 Å². The monoisotopic (exact) mass is 351 g/mol. The van der Waals surface area contributed by atoms with Gasteiger partial charge in [0.15, 0.2) is 0 Å². The fourth-order valence-corrected chi connectivity index (χ4v) is 2.75. The van der Waals surface area contributed by atoms with Crippen LogP contribution in [0.1, 0.15) is 5.56 Å². The summed E-state index contributed by atoms with van der Waals surface area (Å²) in [5.41, 5.74) is 0.894. The standard InChI is InChI=1S/C10H11Br2NO3/c1-16-10-6(4-13-5-9(14)15)2-7(11)3-8(10)12/h2-3,13H,4-5H2,1H3,(H,14,15). The number of hydrogen-bond donors (Lipinski definition) is 2. The molecule has 2 N–H and O–H groups in total. The van der Waals surface area contributed by atoms with Gasteiger partial charge in [-0.15, -0.1) is 0 Å². The molecule has 0 aliphatic carbocycles. The van der Waals surface area contributed by atoms with Crippen LogP contribution in [0.5, 0.6) is 5.75 Å². The van der Waals surface area contributed by atoms with Crippen molar-refractivity contribution in [1.29, 1.82) is 0 Å². The van der Waals surface area contributed by atoms with Gasteiger partial charge in [0, 0.05) is 16.6 Å². The third-order valence-corrected chi connectivity index (χ3v) is 2.93. The lowest BCUT2D eigenvalue weighted by Gasteiger charge is -2.11. The fourth-order valence-electron chi connectivity index (χ4n) is 1.28. The molecule has 0 aromatic heterocycles. The van der Waals surface area contributed by atoms with Gasteiger partial charge < -0.3 is 15.2 Å². The number of halogens is 2. The minimum Gasteiger partial charge on any atom is -0.495 e. The molecule has 4 nitrogen and oxygen atoms in total. The predicted octanol–water partition coefficient (Wildman–Crippen LogP) is 2.39. The van der Waals surface area contributed by atoms with Crippen LogP contribution in [0.15, 0.2) is 21.1 Å². The van der Waals surface area contributed by atoms with Gasteiger partial charge in [0.1, 0.15) is 5.75 Å². The molecule has 88 valence electrons. The molecule has 0 bridgehead atoms. The summed E-state index contributed by atoms with van der Waals surface area (Å²) in [6.45, 7) is 0.362. The molecule has 0 unspecified atom stereocenters. The average molecular weight is 353 g/mol. The Kier molecular flexibility index (Phi) is 5.24. The number of carbonyl (C=O) groups is 1. The summed E-state index contributed by atoms with van der Waals surface area (Å²) in [7, 11) is 1.58. The molecule has 0 fully saturated rings. The number of methoxy groups -OCH3 is 1. The highest BCUT2D eigenvalue weighted by Gasteiger charge is 2.09. The number of nitrogens with one attached hydrogen (secondary N) is 1. The maximum absolute atomic E-state index is 10.4. The largest absolute Gasteiger partial charge is 0.495 e. The second-order valence-electron chi connectivity index (χ2n) is 3.08. The number of rotatable bonds is 5.